The highest BCUT2D eigenvalue weighted by Gasteiger charge is 2.23. The third-order valence-electron chi connectivity index (χ3n) is 6.55. The molecule has 1 aromatic carbocycles. The molecule has 0 radical (unpaired) electrons. The van der Waals surface area contributed by atoms with Gasteiger partial charge in [-0.1, -0.05) is 25.4 Å². The number of ether oxygens (including phenoxy) is 1. The molecule has 36 heavy (non-hydrogen) atoms. The number of rotatable bonds is 11. The molecule has 2 aromatic heterocycles. The Balaban J connectivity index is 1.52. The number of amides is 1. The third-order valence-corrected chi connectivity index (χ3v) is 6.55. The number of aliphatic hydroxyl groups is 2. The molecule has 0 unspecified atom stereocenters. The maximum absolute atomic E-state index is 11.2. The summed E-state index contributed by atoms with van der Waals surface area (Å²) in [5.74, 6) is 1.64. The molecule has 1 fully saturated rings. The van der Waals surface area contributed by atoms with Crippen molar-refractivity contribution in [1.82, 2.24) is 20.4 Å². The highest BCUT2D eigenvalue weighted by molar-refractivity contribution is 5.76. The van der Waals surface area contributed by atoms with E-state index in [4.69, 9.17) is 24.3 Å². The number of aromatic nitrogens is 3. The Morgan fingerprint density at radius 3 is 2.64 bits per heavy atom. The Kier molecular flexibility index (Phi) is 8.32. The lowest BCUT2D eigenvalue weighted by Gasteiger charge is -2.25. The molecule has 1 atom stereocenters. The number of carbonyl (C=O) groups excluding carboxylic acids is 1. The minimum atomic E-state index is -0.901. The largest absolute Gasteiger partial charge is 0.490 e. The van der Waals surface area contributed by atoms with Crippen LogP contribution in [0.1, 0.15) is 61.5 Å². The zero-order valence-corrected chi connectivity index (χ0v) is 21.1. The third kappa shape index (κ3) is 5.91. The summed E-state index contributed by atoms with van der Waals surface area (Å²) in [7, 11) is 0. The van der Waals surface area contributed by atoms with Crippen LogP contribution in [0.5, 0.6) is 5.75 Å². The molecule has 0 spiro atoms. The summed E-state index contributed by atoms with van der Waals surface area (Å²) in [6.07, 6.45) is 4.26. The molecule has 3 aromatic rings. The van der Waals surface area contributed by atoms with Gasteiger partial charge in [-0.3, -0.25) is 9.78 Å². The van der Waals surface area contributed by atoms with Crippen molar-refractivity contribution in [3.8, 4) is 28.6 Å². The van der Waals surface area contributed by atoms with E-state index < -0.39 is 18.6 Å². The van der Waals surface area contributed by atoms with E-state index in [9.17, 15) is 9.90 Å². The van der Waals surface area contributed by atoms with E-state index in [0.717, 1.165) is 40.1 Å². The summed E-state index contributed by atoms with van der Waals surface area (Å²) in [5.41, 5.74) is 5.69. The van der Waals surface area contributed by atoms with Gasteiger partial charge in [-0.15, -0.1) is 0 Å². The first-order chi connectivity index (χ1) is 17.4. The molecule has 9 heteroatoms. The summed E-state index contributed by atoms with van der Waals surface area (Å²) < 4.78 is 11.6. The number of nitrogens with one attached hydrogen (secondary N) is 1. The summed E-state index contributed by atoms with van der Waals surface area (Å²) in [6, 6.07) is 8.01. The minimum absolute atomic E-state index is 0.000825. The van der Waals surface area contributed by atoms with E-state index in [0.29, 0.717) is 29.8 Å². The van der Waals surface area contributed by atoms with Crippen molar-refractivity contribution in [2.45, 2.75) is 64.9 Å². The zero-order valence-electron chi connectivity index (χ0n) is 21.1. The van der Waals surface area contributed by atoms with Gasteiger partial charge in [-0.05, 0) is 68.0 Å². The maximum Gasteiger partial charge on any atom is 0.258 e. The molecule has 1 aliphatic rings. The fourth-order valence-corrected chi connectivity index (χ4v) is 4.26. The molecule has 3 N–H and O–H groups in total. The number of carbonyl (C=O) groups is 1. The first-order valence-electron chi connectivity index (χ1n) is 12.6. The standard InChI is InChI=1S/C27H34N4O5/c1-4-17-10-19(9-16(3)25(17)35-15-22(33)13-28-24(34)14-32)26-30-27(36-31-26)20-11-21(5-2)29-23(12-20)18-7-6-8-18/h9-12,18,22,32-33H,4-8,13-15H2,1-3H3,(H,28,34)/t22-/m0/s1. The van der Waals surface area contributed by atoms with E-state index >= 15 is 0 Å². The highest BCUT2D eigenvalue weighted by atomic mass is 16.5. The van der Waals surface area contributed by atoms with Gasteiger partial charge in [0.1, 0.15) is 25.1 Å². The van der Waals surface area contributed by atoms with Gasteiger partial charge in [0.25, 0.3) is 5.89 Å². The van der Waals surface area contributed by atoms with Gasteiger partial charge in [0.2, 0.25) is 11.7 Å². The topological polar surface area (TPSA) is 131 Å². The van der Waals surface area contributed by atoms with E-state index in [1.165, 1.54) is 19.3 Å². The molecular formula is C27H34N4O5. The number of pyridine rings is 1. The van der Waals surface area contributed by atoms with E-state index in [2.05, 4.69) is 23.5 Å². The lowest BCUT2D eigenvalue weighted by molar-refractivity contribution is -0.124. The lowest BCUT2D eigenvalue weighted by atomic mass is 9.82. The molecule has 192 valence electrons. The molecule has 0 saturated heterocycles. The van der Waals surface area contributed by atoms with Crippen LogP contribution in [-0.2, 0) is 17.6 Å². The Labute approximate surface area is 210 Å². The van der Waals surface area contributed by atoms with E-state index in [1.54, 1.807) is 0 Å². The minimum Gasteiger partial charge on any atom is -0.490 e. The van der Waals surface area contributed by atoms with Crippen molar-refractivity contribution >= 4 is 5.91 Å². The van der Waals surface area contributed by atoms with Crippen LogP contribution in [0.15, 0.2) is 28.8 Å². The second-order valence-electron chi connectivity index (χ2n) is 9.24. The van der Waals surface area contributed by atoms with Crippen LogP contribution < -0.4 is 10.1 Å². The molecule has 1 saturated carbocycles. The summed E-state index contributed by atoms with van der Waals surface area (Å²) in [6.45, 7) is 5.45. The van der Waals surface area contributed by atoms with Crippen molar-refractivity contribution in [2.75, 3.05) is 19.8 Å². The monoisotopic (exact) mass is 494 g/mol. The fourth-order valence-electron chi connectivity index (χ4n) is 4.26. The Bertz CT molecular complexity index is 1200. The van der Waals surface area contributed by atoms with Gasteiger partial charge in [0.05, 0.1) is 0 Å². The SMILES string of the molecule is CCc1cc(-c2nc(-c3cc(C)c(OC[C@@H](O)CNC(=O)CO)c(CC)c3)no2)cc(C2CCC2)n1. The fraction of sp³-hybridized carbons (Fsp3) is 0.481. The Morgan fingerprint density at radius 1 is 1.17 bits per heavy atom. The van der Waals surface area contributed by atoms with Crippen molar-refractivity contribution in [3.05, 3.63) is 46.8 Å². The Morgan fingerprint density at radius 2 is 1.97 bits per heavy atom. The van der Waals surface area contributed by atoms with E-state index in [-0.39, 0.29) is 13.2 Å². The van der Waals surface area contributed by atoms with Crippen LogP contribution in [0, 0.1) is 6.92 Å². The number of hydrogen-bond donors (Lipinski definition) is 3. The molecule has 4 rings (SSSR count). The van der Waals surface area contributed by atoms with E-state index in [1.807, 2.05) is 32.0 Å². The number of aliphatic hydroxyl groups excluding tert-OH is 2. The normalized spacial score (nSPS) is 14.4. The van der Waals surface area contributed by atoms with Crippen LogP contribution in [0.25, 0.3) is 22.8 Å². The number of nitrogens with zero attached hydrogens (tertiary/aromatic N) is 3. The number of hydrogen-bond acceptors (Lipinski definition) is 8. The van der Waals surface area contributed by atoms with Gasteiger partial charge in [-0.25, -0.2) is 0 Å². The zero-order chi connectivity index (χ0) is 25.7. The molecule has 2 heterocycles. The van der Waals surface area contributed by atoms with Crippen LogP contribution >= 0.6 is 0 Å². The lowest BCUT2D eigenvalue weighted by Crippen LogP contribution is -2.36. The van der Waals surface area contributed by atoms with Crippen molar-refractivity contribution < 1.29 is 24.3 Å². The maximum atomic E-state index is 11.2. The van der Waals surface area contributed by atoms with Crippen molar-refractivity contribution in [3.63, 3.8) is 0 Å². The highest BCUT2D eigenvalue weighted by Crippen LogP contribution is 2.37. The quantitative estimate of drug-likeness (QED) is 0.370. The average Bonchev–Trinajstić information content (AvgIpc) is 3.35. The van der Waals surface area contributed by atoms with Gasteiger partial charge >= 0.3 is 0 Å². The molecule has 0 aliphatic heterocycles. The molecule has 0 bridgehead atoms. The molecule has 1 aliphatic carbocycles. The summed E-state index contributed by atoms with van der Waals surface area (Å²) >= 11 is 0. The van der Waals surface area contributed by atoms with Crippen LogP contribution in [-0.4, -0.2) is 57.1 Å². The van der Waals surface area contributed by atoms with Gasteiger partial charge in [0, 0.05) is 35.0 Å². The van der Waals surface area contributed by atoms with Crippen molar-refractivity contribution in [2.24, 2.45) is 0 Å². The Hall–Kier alpha value is -3.30. The molecule has 9 nitrogen and oxygen atoms in total. The first-order valence-corrected chi connectivity index (χ1v) is 12.6. The van der Waals surface area contributed by atoms with Gasteiger partial charge in [-0.2, -0.15) is 4.98 Å². The summed E-state index contributed by atoms with van der Waals surface area (Å²) in [4.78, 5) is 20.7. The second-order valence-corrected chi connectivity index (χ2v) is 9.24. The predicted molar refractivity (Wildman–Crippen MR) is 135 cm³/mol. The second kappa shape index (κ2) is 11.6. The van der Waals surface area contributed by atoms with Crippen LogP contribution in [0.2, 0.25) is 0 Å². The first kappa shape index (κ1) is 25.8. The number of aryl methyl sites for hydroxylation is 3. The average molecular weight is 495 g/mol. The van der Waals surface area contributed by atoms with Crippen LogP contribution in [0.4, 0.5) is 0 Å². The summed E-state index contributed by atoms with van der Waals surface area (Å²) in [5, 5.41) is 25.6. The molecule has 1 amide bonds. The predicted octanol–water partition coefficient (Wildman–Crippen LogP) is 3.35. The van der Waals surface area contributed by atoms with Gasteiger partial charge < -0.3 is 24.8 Å². The number of benzene rings is 1. The van der Waals surface area contributed by atoms with Gasteiger partial charge in [0.15, 0.2) is 0 Å². The smallest absolute Gasteiger partial charge is 0.258 e. The van der Waals surface area contributed by atoms with Crippen LogP contribution in [0.3, 0.4) is 0 Å². The molecular weight excluding hydrogens is 460 g/mol. The van der Waals surface area contributed by atoms with Crippen molar-refractivity contribution in [1.29, 1.82) is 0 Å².